The van der Waals surface area contributed by atoms with Crippen molar-refractivity contribution < 1.29 is 9.47 Å². The summed E-state index contributed by atoms with van der Waals surface area (Å²) in [6.07, 6.45) is 4.54. The molecule has 3 nitrogen and oxygen atoms in total. The van der Waals surface area contributed by atoms with Crippen molar-refractivity contribution in [1.82, 2.24) is 5.32 Å². The van der Waals surface area contributed by atoms with Crippen molar-refractivity contribution in [2.45, 2.75) is 52.1 Å². The van der Waals surface area contributed by atoms with Crippen molar-refractivity contribution in [2.24, 2.45) is 0 Å². The van der Waals surface area contributed by atoms with Gasteiger partial charge in [-0.05, 0) is 46.5 Å². The van der Waals surface area contributed by atoms with Crippen molar-refractivity contribution >= 4 is 15.9 Å². The molecule has 1 aliphatic heterocycles. The van der Waals surface area contributed by atoms with Crippen LogP contribution in [0.15, 0.2) is 16.6 Å². The molecule has 1 N–H and O–H groups in total. The van der Waals surface area contributed by atoms with Gasteiger partial charge in [0.15, 0.2) is 11.5 Å². The predicted molar refractivity (Wildman–Crippen MR) is 85.6 cm³/mol. The van der Waals surface area contributed by atoms with E-state index in [2.05, 4.69) is 47.2 Å². The second kappa shape index (κ2) is 7.89. The summed E-state index contributed by atoms with van der Waals surface area (Å²) in [5, 5.41) is 3.62. The molecule has 0 aliphatic carbocycles. The highest BCUT2D eigenvalue weighted by Crippen LogP contribution is 2.38. The largest absolute Gasteiger partial charge is 0.490 e. The molecule has 20 heavy (non-hydrogen) atoms. The van der Waals surface area contributed by atoms with E-state index in [4.69, 9.17) is 9.47 Å². The molecule has 4 heteroatoms. The molecule has 0 radical (unpaired) electrons. The van der Waals surface area contributed by atoms with Crippen LogP contribution < -0.4 is 14.8 Å². The van der Waals surface area contributed by atoms with E-state index in [1.807, 2.05) is 0 Å². The van der Waals surface area contributed by atoms with Gasteiger partial charge in [0.1, 0.15) is 0 Å². The number of benzene rings is 1. The number of nitrogens with one attached hydrogen (secondary N) is 1. The molecule has 0 spiro atoms. The average molecular weight is 342 g/mol. The van der Waals surface area contributed by atoms with Crippen LogP contribution in [0, 0.1) is 0 Å². The number of halogens is 1. The fourth-order valence-electron chi connectivity index (χ4n) is 2.45. The topological polar surface area (TPSA) is 30.5 Å². The lowest BCUT2D eigenvalue weighted by Gasteiger charge is -2.17. The van der Waals surface area contributed by atoms with E-state index < -0.39 is 0 Å². The normalized spacial score (nSPS) is 15.8. The summed E-state index contributed by atoms with van der Waals surface area (Å²) in [7, 11) is 0. The van der Waals surface area contributed by atoms with Gasteiger partial charge in [-0.15, -0.1) is 0 Å². The Morgan fingerprint density at radius 3 is 2.80 bits per heavy atom. The minimum absolute atomic E-state index is 0.592. The van der Waals surface area contributed by atoms with Crippen LogP contribution in [0.25, 0.3) is 0 Å². The van der Waals surface area contributed by atoms with Crippen LogP contribution >= 0.6 is 15.9 Å². The molecule has 0 amide bonds. The Morgan fingerprint density at radius 1 is 1.25 bits per heavy atom. The summed E-state index contributed by atoms with van der Waals surface area (Å²) < 4.78 is 12.5. The number of hydrogen-bond acceptors (Lipinski definition) is 3. The summed E-state index contributed by atoms with van der Waals surface area (Å²) in [4.78, 5) is 0. The maximum absolute atomic E-state index is 5.77. The summed E-state index contributed by atoms with van der Waals surface area (Å²) in [6.45, 7) is 6.78. The second-order valence-corrected chi connectivity index (χ2v) is 6.08. The molecule has 2 rings (SSSR count). The molecule has 1 aromatic rings. The number of hydrogen-bond donors (Lipinski definition) is 1. The molecule has 112 valence electrons. The maximum Gasteiger partial charge on any atom is 0.175 e. The molecule has 0 saturated heterocycles. The van der Waals surface area contributed by atoms with Gasteiger partial charge in [0.05, 0.1) is 17.7 Å². The van der Waals surface area contributed by atoms with Crippen molar-refractivity contribution in [3.05, 3.63) is 22.2 Å². The fourth-order valence-corrected chi connectivity index (χ4v) is 3.05. The van der Waals surface area contributed by atoms with Gasteiger partial charge in [-0.2, -0.15) is 0 Å². The molecular formula is C16H24BrNO2. The van der Waals surface area contributed by atoms with Crippen LogP contribution in [0.3, 0.4) is 0 Å². The summed E-state index contributed by atoms with van der Waals surface area (Å²) in [5.41, 5.74) is 1.23. The fraction of sp³-hybridized carbons (Fsp3) is 0.625. The first-order valence-corrected chi connectivity index (χ1v) is 8.35. The van der Waals surface area contributed by atoms with E-state index in [1.54, 1.807) is 0 Å². The molecule has 0 fully saturated rings. The van der Waals surface area contributed by atoms with Gasteiger partial charge in [-0.25, -0.2) is 0 Å². The zero-order valence-corrected chi connectivity index (χ0v) is 14.0. The lowest BCUT2D eigenvalue weighted by atomic mass is 10.1. The molecule has 1 atom stereocenters. The van der Waals surface area contributed by atoms with Gasteiger partial charge in [-0.1, -0.05) is 20.3 Å². The summed E-state index contributed by atoms with van der Waals surface area (Å²) in [6, 6.07) is 4.81. The summed E-state index contributed by atoms with van der Waals surface area (Å²) >= 11 is 3.59. The standard InChI is InChI=1S/C16H24BrNO2/c1-3-6-13(4-2)18-11-12-9-14(17)16-15(10-12)19-7-5-8-20-16/h9-10,13,18H,3-8,11H2,1-2H3. The first-order valence-electron chi connectivity index (χ1n) is 7.56. The molecule has 1 heterocycles. The third-order valence-corrected chi connectivity index (χ3v) is 4.18. The van der Waals surface area contributed by atoms with Gasteiger partial charge in [0.25, 0.3) is 0 Å². The molecule has 0 saturated carbocycles. The van der Waals surface area contributed by atoms with Crippen molar-refractivity contribution in [3.8, 4) is 11.5 Å². The Hall–Kier alpha value is -0.740. The Morgan fingerprint density at radius 2 is 2.05 bits per heavy atom. The minimum Gasteiger partial charge on any atom is -0.490 e. The lowest BCUT2D eigenvalue weighted by Crippen LogP contribution is -2.27. The smallest absolute Gasteiger partial charge is 0.175 e. The van der Waals surface area contributed by atoms with Crippen LogP contribution in [0.2, 0.25) is 0 Å². The Bertz CT molecular complexity index is 437. The molecular weight excluding hydrogens is 318 g/mol. The lowest BCUT2D eigenvalue weighted by molar-refractivity contribution is 0.296. The van der Waals surface area contributed by atoms with E-state index >= 15 is 0 Å². The van der Waals surface area contributed by atoms with Crippen molar-refractivity contribution in [1.29, 1.82) is 0 Å². The zero-order valence-electron chi connectivity index (χ0n) is 12.4. The first kappa shape index (κ1) is 15.6. The van der Waals surface area contributed by atoms with E-state index in [0.29, 0.717) is 6.04 Å². The van der Waals surface area contributed by atoms with Crippen molar-refractivity contribution in [3.63, 3.8) is 0 Å². The van der Waals surface area contributed by atoms with Gasteiger partial charge < -0.3 is 14.8 Å². The highest BCUT2D eigenvalue weighted by Gasteiger charge is 2.15. The van der Waals surface area contributed by atoms with Gasteiger partial charge in [0.2, 0.25) is 0 Å². The Balaban J connectivity index is 2.05. The molecule has 0 aromatic heterocycles. The monoisotopic (exact) mass is 341 g/mol. The maximum atomic E-state index is 5.77. The minimum atomic E-state index is 0.592. The Kier molecular flexibility index (Phi) is 6.17. The van der Waals surface area contributed by atoms with Crippen LogP contribution in [0.4, 0.5) is 0 Å². The third kappa shape index (κ3) is 4.13. The van der Waals surface area contributed by atoms with Gasteiger partial charge in [-0.3, -0.25) is 0 Å². The van der Waals surface area contributed by atoms with Crippen LogP contribution in [0.5, 0.6) is 11.5 Å². The van der Waals surface area contributed by atoms with Gasteiger partial charge >= 0.3 is 0 Å². The molecule has 1 aliphatic rings. The first-order chi connectivity index (χ1) is 9.74. The Labute approximate surface area is 130 Å². The quantitative estimate of drug-likeness (QED) is 0.837. The van der Waals surface area contributed by atoms with Gasteiger partial charge in [0, 0.05) is 19.0 Å². The summed E-state index contributed by atoms with van der Waals surface area (Å²) in [5.74, 6) is 1.70. The molecule has 1 aromatic carbocycles. The van der Waals surface area contributed by atoms with Crippen LogP contribution in [0.1, 0.15) is 45.1 Å². The number of rotatable bonds is 6. The highest BCUT2D eigenvalue weighted by molar-refractivity contribution is 9.10. The van der Waals surface area contributed by atoms with E-state index in [-0.39, 0.29) is 0 Å². The highest BCUT2D eigenvalue weighted by atomic mass is 79.9. The van der Waals surface area contributed by atoms with E-state index in [9.17, 15) is 0 Å². The third-order valence-electron chi connectivity index (χ3n) is 3.59. The average Bonchev–Trinajstić information content (AvgIpc) is 2.69. The predicted octanol–water partition coefficient (Wildman–Crippen LogP) is 4.28. The van der Waals surface area contributed by atoms with Crippen LogP contribution in [-0.4, -0.2) is 19.3 Å². The van der Waals surface area contributed by atoms with E-state index in [1.165, 1.54) is 24.8 Å². The zero-order chi connectivity index (χ0) is 14.4. The van der Waals surface area contributed by atoms with Crippen molar-refractivity contribution in [2.75, 3.05) is 13.2 Å². The number of ether oxygens (including phenoxy) is 2. The SMILES string of the molecule is CCCC(CC)NCc1cc(Br)c2c(c1)OCCCO2. The molecule has 0 bridgehead atoms. The number of fused-ring (bicyclic) bond motifs is 1. The molecule has 1 unspecified atom stereocenters. The van der Waals surface area contributed by atoms with E-state index in [0.717, 1.165) is 42.2 Å². The van der Waals surface area contributed by atoms with Crippen LogP contribution in [-0.2, 0) is 6.54 Å². The second-order valence-electron chi connectivity index (χ2n) is 5.23.